The van der Waals surface area contributed by atoms with Crippen molar-refractivity contribution in [2.75, 3.05) is 6.54 Å². The highest BCUT2D eigenvalue weighted by Gasteiger charge is 2.19. The second kappa shape index (κ2) is 10.5. The molecular weight excluding hydrogens is 422 g/mol. The van der Waals surface area contributed by atoms with E-state index in [1.807, 2.05) is 18.3 Å². The fourth-order valence-corrected chi connectivity index (χ4v) is 4.08. The van der Waals surface area contributed by atoms with Crippen LogP contribution in [-0.4, -0.2) is 27.3 Å². The van der Waals surface area contributed by atoms with E-state index in [0.29, 0.717) is 17.4 Å². The third-order valence-electron chi connectivity index (χ3n) is 6.07. The van der Waals surface area contributed by atoms with Crippen LogP contribution in [0.2, 0.25) is 0 Å². The van der Waals surface area contributed by atoms with Crippen molar-refractivity contribution in [2.45, 2.75) is 45.6 Å². The highest BCUT2D eigenvalue weighted by molar-refractivity contribution is 5.81. The van der Waals surface area contributed by atoms with E-state index in [-0.39, 0.29) is 5.54 Å². The summed E-state index contributed by atoms with van der Waals surface area (Å²) in [7, 11) is 0. The van der Waals surface area contributed by atoms with Crippen molar-refractivity contribution >= 4 is 10.9 Å². The normalized spacial score (nSPS) is 12.4. The first-order chi connectivity index (χ1) is 16.4. The molecule has 0 saturated carbocycles. The summed E-state index contributed by atoms with van der Waals surface area (Å²) in [5, 5.41) is 21.1. The Morgan fingerprint density at radius 3 is 2.65 bits per heavy atom. The number of fused-ring (bicyclic) bond motifs is 1. The number of pyridine rings is 1. The van der Waals surface area contributed by atoms with Crippen LogP contribution in [0.5, 0.6) is 11.6 Å². The molecule has 4 rings (SSSR count). The van der Waals surface area contributed by atoms with Crippen LogP contribution < -0.4 is 10.1 Å². The van der Waals surface area contributed by atoms with Gasteiger partial charge in [0.2, 0.25) is 5.88 Å². The number of aryl methyl sites for hydroxylation is 1. The second-order valence-corrected chi connectivity index (χ2v) is 9.58. The molecule has 1 unspecified atom stereocenters. The van der Waals surface area contributed by atoms with Gasteiger partial charge in [0.25, 0.3) is 0 Å². The monoisotopic (exact) mass is 453 g/mol. The number of nitrogens with zero attached hydrogens (tertiary/aromatic N) is 3. The minimum Gasteiger partial charge on any atom is -0.439 e. The number of rotatable bonds is 10. The molecule has 0 aliphatic heterocycles. The molecule has 0 spiro atoms. The van der Waals surface area contributed by atoms with E-state index in [0.717, 1.165) is 37.1 Å². The standard InChI is InChI=1S/C28H31N5O/c1-20(7-11-23-5-4-6-26-25(23)19-32-33-26)17-31-28(2,3)15-21-8-12-24(13-9-21)34-27-14-10-22(16-29)18-30-27/h4-6,8-10,12-14,18-20,31H,7,11,15,17H2,1-3H3,(H,32,33). The third-order valence-corrected chi connectivity index (χ3v) is 6.07. The fourth-order valence-electron chi connectivity index (χ4n) is 4.08. The van der Waals surface area contributed by atoms with Crippen molar-refractivity contribution in [2.24, 2.45) is 5.92 Å². The summed E-state index contributed by atoms with van der Waals surface area (Å²) in [4.78, 5) is 4.15. The summed E-state index contributed by atoms with van der Waals surface area (Å²) < 4.78 is 5.78. The van der Waals surface area contributed by atoms with E-state index < -0.39 is 0 Å². The zero-order valence-corrected chi connectivity index (χ0v) is 20.0. The van der Waals surface area contributed by atoms with E-state index in [2.05, 4.69) is 77.7 Å². The molecule has 0 aliphatic rings. The lowest BCUT2D eigenvalue weighted by molar-refractivity contribution is 0.346. The SMILES string of the molecule is CC(CCc1cccc2[nH]ncc12)CNC(C)(C)Cc1ccc(Oc2ccc(C#N)cn2)cc1. The second-order valence-electron chi connectivity index (χ2n) is 9.58. The van der Waals surface area contributed by atoms with Crippen LogP contribution in [0, 0.1) is 17.2 Å². The fraction of sp³-hybridized carbons (Fsp3) is 0.321. The number of aromatic nitrogens is 3. The first-order valence-electron chi connectivity index (χ1n) is 11.7. The van der Waals surface area contributed by atoms with Gasteiger partial charge >= 0.3 is 0 Å². The van der Waals surface area contributed by atoms with Gasteiger partial charge in [-0.15, -0.1) is 0 Å². The van der Waals surface area contributed by atoms with Crippen molar-refractivity contribution in [1.29, 1.82) is 5.26 Å². The van der Waals surface area contributed by atoms with Gasteiger partial charge in [-0.3, -0.25) is 5.10 Å². The first kappa shape index (κ1) is 23.5. The number of hydrogen-bond acceptors (Lipinski definition) is 5. The van der Waals surface area contributed by atoms with Gasteiger partial charge < -0.3 is 10.1 Å². The molecule has 2 aromatic carbocycles. The maximum atomic E-state index is 8.87. The molecule has 0 aliphatic carbocycles. The molecule has 4 aromatic rings. The van der Waals surface area contributed by atoms with Crippen molar-refractivity contribution in [3.8, 4) is 17.7 Å². The van der Waals surface area contributed by atoms with Crippen LogP contribution in [0.1, 0.15) is 43.9 Å². The van der Waals surface area contributed by atoms with Gasteiger partial charge in [-0.05, 0) is 81.0 Å². The topological polar surface area (TPSA) is 86.6 Å². The van der Waals surface area contributed by atoms with Gasteiger partial charge in [-0.1, -0.05) is 31.2 Å². The molecule has 6 nitrogen and oxygen atoms in total. The lowest BCUT2D eigenvalue weighted by Crippen LogP contribution is -2.43. The van der Waals surface area contributed by atoms with Crippen LogP contribution in [0.25, 0.3) is 10.9 Å². The lowest BCUT2D eigenvalue weighted by Gasteiger charge is -2.28. The molecule has 0 saturated heterocycles. The number of hydrogen-bond donors (Lipinski definition) is 2. The van der Waals surface area contributed by atoms with Gasteiger partial charge in [0, 0.05) is 23.2 Å². The van der Waals surface area contributed by atoms with Crippen LogP contribution in [-0.2, 0) is 12.8 Å². The number of aromatic amines is 1. The number of H-pyrrole nitrogens is 1. The molecule has 174 valence electrons. The molecule has 2 N–H and O–H groups in total. The largest absolute Gasteiger partial charge is 0.439 e. The van der Waals surface area contributed by atoms with Gasteiger partial charge in [0.1, 0.15) is 11.8 Å². The highest BCUT2D eigenvalue weighted by atomic mass is 16.5. The number of ether oxygens (including phenoxy) is 1. The highest BCUT2D eigenvalue weighted by Crippen LogP contribution is 2.23. The Balaban J connectivity index is 1.25. The summed E-state index contributed by atoms with van der Waals surface area (Å²) in [6.07, 6.45) is 6.53. The predicted octanol–water partition coefficient (Wildman–Crippen LogP) is 5.80. The molecule has 2 aromatic heterocycles. The van der Waals surface area contributed by atoms with Gasteiger partial charge in [0.05, 0.1) is 17.3 Å². The summed E-state index contributed by atoms with van der Waals surface area (Å²) in [6.45, 7) is 7.77. The van der Waals surface area contributed by atoms with Crippen LogP contribution >= 0.6 is 0 Å². The minimum absolute atomic E-state index is 0.0180. The number of benzene rings is 2. The Kier molecular flexibility index (Phi) is 7.24. The number of nitrogens with one attached hydrogen (secondary N) is 2. The molecule has 0 amide bonds. The van der Waals surface area contributed by atoms with E-state index in [9.17, 15) is 0 Å². The maximum absolute atomic E-state index is 8.87. The van der Waals surface area contributed by atoms with Crippen LogP contribution in [0.15, 0.2) is 67.0 Å². The van der Waals surface area contributed by atoms with Crippen molar-refractivity contribution in [3.63, 3.8) is 0 Å². The molecule has 1 atom stereocenters. The molecule has 34 heavy (non-hydrogen) atoms. The van der Waals surface area contributed by atoms with Gasteiger partial charge in [0.15, 0.2) is 0 Å². The Morgan fingerprint density at radius 2 is 1.91 bits per heavy atom. The molecule has 2 heterocycles. The molecule has 6 heteroatoms. The Morgan fingerprint density at radius 1 is 1.09 bits per heavy atom. The zero-order chi connectivity index (χ0) is 24.0. The summed E-state index contributed by atoms with van der Waals surface area (Å²) in [6, 6.07) is 19.9. The van der Waals surface area contributed by atoms with Crippen molar-refractivity contribution in [3.05, 3.63) is 83.7 Å². The van der Waals surface area contributed by atoms with Crippen molar-refractivity contribution < 1.29 is 4.74 Å². The first-order valence-corrected chi connectivity index (χ1v) is 11.7. The van der Waals surface area contributed by atoms with Crippen LogP contribution in [0.4, 0.5) is 0 Å². The van der Waals surface area contributed by atoms with Gasteiger partial charge in [-0.2, -0.15) is 10.4 Å². The predicted molar refractivity (Wildman–Crippen MR) is 135 cm³/mol. The van der Waals surface area contributed by atoms with Gasteiger partial charge in [-0.25, -0.2) is 4.98 Å². The quantitative estimate of drug-likeness (QED) is 0.317. The van der Waals surface area contributed by atoms with E-state index in [4.69, 9.17) is 10.00 Å². The molecule has 0 fully saturated rings. The zero-order valence-electron chi connectivity index (χ0n) is 20.0. The lowest BCUT2D eigenvalue weighted by atomic mass is 9.93. The van der Waals surface area contributed by atoms with Crippen LogP contribution in [0.3, 0.4) is 0 Å². The molecule has 0 radical (unpaired) electrons. The van der Waals surface area contributed by atoms with Crippen molar-refractivity contribution in [1.82, 2.24) is 20.5 Å². The average Bonchev–Trinajstić information content (AvgIpc) is 3.33. The molecule has 0 bridgehead atoms. The van der Waals surface area contributed by atoms with E-state index in [1.165, 1.54) is 22.7 Å². The average molecular weight is 454 g/mol. The van der Waals surface area contributed by atoms with E-state index >= 15 is 0 Å². The van der Waals surface area contributed by atoms with E-state index in [1.54, 1.807) is 12.1 Å². The smallest absolute Gasteiger partial charge is 0.219 e. The maximum Gasteiger partial charge on any atom is 0.219 e. The molecular formula is C28H31N5O. The summed E-state index contributed by atoms with van der Waals surface area (Å²) in [5.41, 5.74) is 4.21. The Hall–Kier alpha value is -3.69. The Labute approximate surface area is 201 Å². The summed E-state index contributed by atoms with van der Waals surface area (Å²) >= 11 is 0. The minimum atomic E-state index is -0.0180. The summed E-state index contributed by atoms with van der Waals surface area (Å²) in [5.74, 6) is 1.77. The number of nitriles is 1. The Bertz CT molecular complexity index is 1250. The third kappa shape index (κ3) is 6.21.